The molecule has 0 saturated heterocycles. The Morgan fingerprint density at radius 1 is 1.33 bits per heavy atom. The average molecular weight is 260 g/mol. The molecule has 6 heteroatoms. The van der Waals surface area contributed by atoms with Crippen LogP contribution in [0.5, 0.6) is 0 Å². The topological polar surface area (TPSA) is 75.6 Å². The van der Waals surface area contributed by atoms with Crippen molar-refractivity contribution in [1.29, 1.82) is 5.26 Å². The van der Waals surface area contributed by atoms with E-state index in [4.69, 9.17) is 9.78 Å². The molecule has 2 rings (SSSR count). The molecule has 2 aromatic rings. The van der Waals surface area contributed by atoms with E-state index in [9.17, 15) is 0 Å². The molecule has 2 aromatic heterocycles. The van der Waals surface area contributed by atoms with Crippen LogP contribution in [0.15, 0.2) is 15.6 Å². The molecule has 0 aliphatic heterocycles. The minimum atomic E-state index is 0.529. The maximum Gasteiger partial charge on any atom is 0.147 e. The standard InChI is InChI=1S/C12H12N4OS/c1-7-4-10(17-16-7)6-18-12-11(5-13)8(2)14-9(3)15-12/h4H,6H2,1-3H3. The Morgan fingerprint density at radius 3 is 2.72 bits per heavy atom. The third-order valence-corrected chi connectivity index (χ3v) is 3.31. The molecule has 0 radical (unpaired) electrons. The first-order valence-corrected chi connectivity index (χ1v) is 6.39. The van der Waals surface area contributed by atoms with Gasteiger partial charge in [0.05, 0.1) is 17.1 Å². The molecule has 0 aliphatic carbocycles. The second-order valence-corrected chi connectivity index (χ2v) is 4.84. The summed E-state index contributed by atoms with van der Waals surface area (Å²) in [7, 11) is 0. The lowest BCUT2D eigenvalue weighted by Crippen LogP contribution is -1.98. The molecule has 92 valence electrons. The minimum absolute atomic E-state index is 0.529. The molecule has 5 nitrogen and oxygen atoms in total. The largest absolute Gasteiger partial charge is 0.360 e. The molecule has 0 atom stereocenters. The summed E-state index contributed by atoms with van der Waals surface area (Å²) < 4.78 is 5.12. The van der Waals surface area contributed by atoms with Gasteiger partial charge in [0.25, 0.3) is 0 Å². The van der Waals surface area contributed by atoms with Gasteiger partial charge in [-0.1, -0.05) is 16.9 Å². The van der Waals surface area contributed by atoms with E-state index in [2.05, 4.69) is 21.2 Å². The number of hydrogen-bond acceptors (Lipinski definition) is 6. The maximum absolute atomic E-state index is 9.11. The van der Waals surface area contributed by atoms with Crippen molar-refractivity contribution in [2.45, 2.75) is 31.6 Å². The predicted molar refractivity (Wildman–Crippen MR) is 67.0 cm³/mol. The zero-order valence-corrected chi connectivity index (χ0v) is 11.2. The Kier molecular flexibility index (Phi) is 3.63. The highest BCUT2D eigenvalue weighted by Gasteiger charge is 2.11. The van der Waals surface area contributed by atoms with Gasteiger partial charge in [0.15, 0.2) is 0 Å². The molecule has 0 saturated carbocycles. The average Bonchev–Trinajstić information content (AvgIpc) is 2.72. The highest BCUT2D eigenvalue weighted by Crippen LogP contribution is 2.25. The molecule has 0 aromatic carbocycles. The number of aromatic nitrogens is 3. The maximum atomic E-state index is 9.11. The first-order valence-electron chi connectivity index (χ1n) is 5.40. The summed E-state index contributed by atoms with van der Waals surface area (Å²) in [4.78, 5) is 8.48. The normalized spacial score (nSPS) is 10.3. The molecule has 0 amide bonds. The summed E-state index contributed by atoms with van der Waals surface area (Å²) in [6.45, 7) is 5.50. The van der Waals surface area contributed by atoms with Gasteiger partial charge in [0, 0.05) is 6.07 Å². The van der Waals surface area contributed by atoms with Crippen molar-refractivity contribution in [3.8, 4) is 6.07 Å². The summed E-state index contributed by atoms with van der Waals surface area (Å²) in [6, 6.07) is 4.02. The smallest absolute Gasteiger partial charge is 0.147 e. The fraction of sp³-hybridized carbons (Fsp3) is 0.333. The number of nitriles is 1. The molecule has 0 N–H and O–H groups in total. The second kappa shape index (κ2) is 5.19. The van der Waals surface area contributed by atoms with Gasteiger partial charge in [0.2, 0.25) is 0 Å². The van der Waals surface area contributed by atoms with Gasteiger partial charge in [-0.15, -0.1) is 0 Å². The molecule has 2 heterocycles. The van der Waals surface area contributed by atoms with Crippen LogP contribution >= 0.6 is 11.8 Å². The van der Waals surface area contributed by atoms with Crippen LogP contribution in [0.2, 0.25) is 0 Å². The minimum Gasteiger partial charge on any atom is -0.360 e. The van der Waals surface area contributed by atoms with Crippen LogP contribution in [0.3, 0.4) is 0 Å². The van der Waals surface area contributed by atoms with Crippen molar-refractivity contribution >= 4 is 11.8 Å². The van der Waals surface area contributed by atoms with Gasteiger partial charge in [-0.25, -0.2) is 9.97 Å². The monoisotopic (exact) mass is 260 g/mol. The number of nitrogens with zero attached hydrogens (tertiary/aromatic N) is 4. The molecule has 0 fully saturated rings. The van der Waals surface area contributed by atoms with E-state index in [0.717, 1.165) is 11.5 Å². The van der Waals surface area contributed by atoms with Crippen molar-refractivity contribution in [1.82, 2.24) is 15.1 Å². The van der Waals surface area contributed by atoms with Crippen LogP contribution in [-0.4, -0.2) is 15.1 Å². The van der Waals surface area contributed by atoms with E-state index in [0.29, 0.717) is 27.9 Å². The zero-order valence-electron chi connectivity index (χ0n) is 10.4. The quantitative estimate of drug-likeness (QED) is 0.623. The summed E-state index contributed by atoms with van der Waals surface area (Å²) >= 11 is 1.46. The van der Waals surface area contributed by atoms with E-state index in [1.165, 1.54) is 11.8 Å². The van der Waals surface area contributed by atoms with Crippen LogP contribution in [0.4, 0.5) is 0 Å². The summed E-state index contributed by atoms with van der Waals surface area (Å²) in [5.41, 5.74) is 2.09. The Morgan fingerprint density at radius 2 is 2.11 bits per heavy atom. The molecule has 18 heavy (non-hydrogen) atoms. The first-order chi connectivity index (χ1) is 8.60. The lowest BCUT2D eigenvalue weighted by Gasteiger charge is -2.04. The lowest BCUT2D eigenvalue weighted by atomic mass is 10.3. The van der Waals surface area contributed by atoms with Crippen molar-refractivity contribution < 1.29 is 4.52 Å². The van der Waals surface area contributed by atoms with Gasteiger partial charge in [0.1, 0.15) is 28.2 Å². The van der Waals surface area contributed by atoms with Gasteiger partial charge >= 0.3 is 0 Å². The third-order valence-electron chi connectivity index (χ3n) is 2.31. The van der Waals surface area contributed by atoms with Crippen LogP contribution in [-0.2, 0) is 5.75 Å². The van der Waals surface area contributed by atoms with Gasteiger partial charge < -0.3 is 4.52 Å². The van der Waals surface area contributed by atoms with E-state index >= 15 is 0 Å². The van der Waals surface area contributed by atoms with Crippen LogP contribution < -0.4 is 0 Å². The van der Waals surface area contributed by atoms with E-state index in [1.54, 1.807) is 0 Å². The van der Waals surface area contributed by atoms with E-state index in [-0.39, 0.29) is 0 Å². The Hall–Kier alpha value is -1.87. The molecule has 0 bridgehead atoms. The molecule has 0 spiro atoms. The van der Waals surface area contributed by atoms with Crippen molar-refractivity contribution in [2.24, 2.45) is 0 Å². The summed E-state index contributed by atoms with van der Waals surface area (Å²) in [6.07, 6.45) is 0. The summed E-state index contributed by atoms with van der Waals surface area (Å²) in [5.74, 6) is 2.05. The van der Waals surface area contributed by atoms with Crippen LogP contribution in [0.1, 0.15) is 28.5 Å². The fourth-order valence-electron chi connectivity index (χ4n) is 1.54. The Bertz CT molecular complexity index is 615. The molecular formula is C12H12N4OS. The number of aryl methyl sites for hydroxylation is 3. The number of rotatable bonds is 3. The summed E-state index contributed by atoms with van der Waals surface area (Å²) in [5, 5.41) is 13.6. The molecule has 0 unspecified atom stereocenters. The predicted octanol–water partition coefficient (Wildman–Crippen LogP) is 2.55. The fourth-order valence-corrected chi connectivity index (χ4v) is 2.49. The lowest BCUT2D eigenvalue weighted by molar-refractivity contribution is 0.391. The highest BCUT2D eigenvalue weighted by molar-refractivity contribution is 7.98. The van der Waals surface area contributed by atoms with Gasteiger partial charge in [-0.3, -0.25) is 0 Å². The zero-order chi connectivity index (χ0) is 13.1. The van der Waals surface area contributed by atoms with Crippen LogP contribution in [0, 0.1) is 32.1 Å². The molecular weight excluding hydrogens is 248 g/mol. The first kappa shape index (κ1) is 12.6. The van der Waals surface area contributed by atoms with Crippen molar-refractivity contribution in [3.05, 3.63) is 34.6 Å². The number of hydrogen-bond donors (Lipinski definition) is 0. The van der Waals surface area contributed by atoms with Crippen molar-refractivity contribution in [2.75, 3.05) is 0 Å². The highest BCUT2D eigenvalue weighted by atomic mass is 32.2. The second-order valence-electron chi connectivity index (χ2n) is 3.87. The van der Waals surface area contributed by atoms with E-state index < -0.39 is 0 Å². The Balaban J connectivity index is 2.21. The Labute approximate surface area is 109 Å². The number of thioether (sulfide) groups is 1. The SMILES string of the molecule is Cc1cc(CSc2nc(C)nc(C)c2C#N)on1. The third kappa shape index (κ3) is 2.68. The molecule has 0 aliphatic rings. The van der Waals surface area contributed by atoms with Gasteiger partial charge in [-0.2, -0.15) is 5.26 Å². The van der Waals surface area contributed by atoms with Crippen LogP contribution in [0.25, 0.3) is 0 Å². The van der Waals surface area contributed by atoms with Crippen molar-refractivity contribution in [3.63, 3.8) is 0 Å². The van der Waals surface area contributed by atoms with E-state index in [1.807, 2.05) is 26.8 Å². The van der Waals surface area contributed by atoms with Gasteiger partial charge in [-0.05, 0) is 20.8 Å².